The smallest absolute Gasteiger partial charge is 0.162 e. The van der Waals surface area contributed by atoms with Crippen molar-refractivity contribution >= 4 is 17.2 Å². The van der Waals surface area contributed by atoms with Gasteiger partial charge in [-0.25, -0.2) is 9.97 Å². The molecule has 0 fully saturated rings. The number of aromatic nitrogens is 2. The number of hydrogen-bond donors (Lipinski definition) is 1. The predicted octanol–water partition coefficient (Wildman–Crippen LogP) is 3.91. The van der Waals surface area contributed by atoms with Crippen LogP contribution < -0.4 is 5.32 Å². The molecule has 1 aromatic carbocycles. The van der Waals surface area contributed by atoms with E-state index < -0.39 is 0 Å². The summed E-state index contributed by atoms with van der Waals surface area (Å²) in [5, 5.41) is 7.24. The Morgan fingerprint density at radius 1 is 1.00 bits per heavy atom. The number of thiophene rings is 1. The molecule has 0 bridgehead atoms. The number of anilines is 1. The standard InChI is InChI=1S/C15H13N3S/c1-16-14-9-13(12-7-8-19-10-12)17-15(18-14)11-5-3-2-4-6-11/h2-10H,1H3,(H,16,17,18). The molecule has 19 heavy (non-hydrogen) atoms. The Bertz CT molecular complexity index is 663. The maximum atomic E-state index is 4.65. The van der Waals surface area contributed by atoms with Crippen molar-refractivity contribution in [2.75, 3.05) is 12.4 Å². The third-order valence-corrected chi connectivity index (χ3v) is 3.51. The lowest BCUT2D eigenvalue weighted by Gasteiger charge is -2.07. The quantitative estimate of drug-likeness (QED) is 0.781. The number of hydrogen-bond acceptors (Lipinski definition) is 4. The van der Waals surface area contributed by atoms with Gasteiger partial charge in [-0.15, -0.1) is 0 Å². The van der Waals surface area contributed by atoms with E-state index in [1.807, 2.05) is 43.4 Å². The molecule has 0 saturated heterocycles. The first kappa shape index (κ1) is 11.9. The summed E-state index contributed by atoms with van der Waals surface area (Å²) in [5.74, 6) is 1.57. The zero-order valence-electron chi connectivity index (χ0n) is 10.5. The molecule has 0 amide bonds. The highest BCUT2D eigenvalue weighted by Gasteiger charge is 2.07. The molecule has 2 heterocycles. The zero-order valence-corrected chi connectivity index (χ0v) is 11.3. The summed E-state index contributed by atoms with van der Waals surface area (Å²) in [4.78, 5) is 9.16. The second kappa shape index (κ2) is 5.20. The molecule has 2 aromatic heterocycles. The van der Waals surface area contributed by atoms with Crippen molar-refractivity contribution in [3.8, 4) is 22.6 Å². The Morgan fingerprint density at radius 3 is 2.53 bits per heavy atom. The van der Waals surface area contributed by atoms with Crippen LogP contribution in [-0.2, 0) is 0 Å². The van der Waals surface area contributed by atoms with E-state index >= 15 is 0 Å². The molecule has 94 valence electrons. The molecule has 0 radical (unpaired) electrons. The lowest BCUT2D eigenvalue weighted by atomic mass is 10.2. The minimum absolute atomic E-state index is 0.744. The minimum Gasteiger partial charge on any atom is -0.373 e. The van der Waals surface area contributed by atoms with E-state index in [0.717, 1.165) is 28.5 Å². The number of rotatable bonds is 3. The van der Waals surface area contributed by atoms with E-state index in [4.69, 9.17) is 0 Å². The van der Waals surface area contributed by atoms with E-state index in [1.54, 1.807) is 11.3 Å². The maximum absolute atomic E-state index is 4.65. The minimum atomic E-state index is 0.744. The highest BCUT2D eigenvalue weighted by atomic mass is 32.1. The summed E-state index contributed by atoms with van der Waals surface area (Å²) in [6, 6.07) is 14.1. The van der Waals surface area contributed by atoms with Gasteiger partial charge in [0, 0.05) is 29.6 Å². The molecule has 0 atom stereocenters. The fraction of sp³-hybridized carbons (Fsp3) is 0.0667. The lowest BCUT2D eigenvalue weighted by Crippen LogP contribution is -1.98. The maximum Gasteiger partial charge on any atom is 0.162 e. The molecular formula is C15H13N3S. The van der Waals surface area contributed by atoms with Crippen LogP contribution in [0.1, 0.15) is 0 Å². The van der Waals surface area contributed by atoms with Crippen LogP contribution in [0.2, 0.25) is 0 Å². The molecule has 0 aliphatic rings. The zero-order chi connectivity index (χ0) is 13.1. The number of nitrogens with one attached hydrogen (secondary N) is 1. The van der Waals surface area contributed by atoms with Gasteiger partial charge >= 0.3 is 0 Å². The SMILES string of the molecule is CNc1cc(-c2ccsc2)nc(-c2ccccc2)n1. The van der Waals surface area contributed by atoms with E-state index in [2.05, 4.69) is 32.1 Å². The van der Waals surface area contributed by atoms with Crippen molar-refractivity contribution in [1.82, 2.24) is 9.97 Å². The predicted molar refractivity (Wildman–Crippen MR) is 80.3 cm³/mol. The Kier molecular flexibility index (Phi) is 3.25. The van der Waals surface area contributed by atoms with Crippen molar-refractivity contribution in [2.24, 2.45) is 0 Å². The van der Waals surface area contributed by atoms with Gasteiger partial charge in [-0.05, 0) is 11.4 Å². The van der Waals surface area contributed by atoms with Crippen LogP contribution in [0.25, 0.3) is 22.6 Å². The third-order valence-electron chi connectivity index (χ3n) is 2.83. The second-order valence-corrected chi connectivity index (χ2v) is 4.87. The van der Waals surface area contributed by atoms with Crippen molar-refractivity contribution in [2.45, 2.75) is 0 Å². The van der Waals surface area contributed by atoms with Crippen LogP contribution in [0.3, 0.4) is 0 Å². The lowest BCUT2D eigenvalue weighted by molar-refractivity contribution is 1.17. The summed E-state index contributed by atoms with van der Waals surface area (Å²) in [7, 11) is 1.87. The fourth-order valence-corrected chi connectivity index (χ4v) is 2.50. The van der Waals surface area contributed by atoms with E-state index in [1.165, 1.54) is 0 Å². The molecule has 4 heteroatoms. The number of benzene rings is 1. The molecule has 3 aromatic rings. The topological polar surface area (TPSA) is 37.8 Å². The van der Waals surface area contributed by atoms with E-state index in [9.17, 15) is 0 Å². The van der Waals surface area contributed by atoms with Crippen LogP contribution in [-0.4, -0.2) is 17.0 Å². The van der Waals surface area contributed by atoms with Gasteiger partial charge in [0.05, 0.1) is 5.69 Å². The monoisotopic (exact) mass is 267 g/mol. The first-order chi connectivity index (χ1) is 9.36. The van der Waals surface area contributed by atoms with Crippen LogP contribution >= 0.6 is 11.3 Å². The van der Waals surface area contributed by atoms with E-state index in [-0.39, 0.29) is 0 Å². The first-order valence-corrected chi connectivity index (χ1v) is 6.96. The summed E-state index contributed by atoms with van der Waals surface area (Å²) < 4.78 is 0. The van der Waals surface area contributed by atoms with Crippen LogP contribution in [0.4, 0.5) is 5.82 Å². The summed E-state index contributed by atoms with van der Waals surface area (Å²) in [6.07, 6.45) is 0. The highest BCUT2D eigenvalue weighted by molar-refractivity contribution is 7.08. The molecule has 3 nitrogen and oxygen atoms in total. The van der Waals surface area contributed by atoms with Gasteiger partial charge in [-0.3, -0.25) is 0 Å². The van der Waals surface area contributed by atoms with Crippen LogP contribution in [0.15, 0.2) is 53.2 Å². The average molecular weight is 267 g/mol. The molecule has 0 spiro atoms. The van der Waals surface area contributed by atoms with Gasteiger partial charge in [-0.2, -0.15) is 11.3 Å². The molecule has 0 unspecified atom stereocenters. The number of nitrogens with zero attached hydrogens (tertiary/aromatic N) is 2. The Hall–Kier alpha value is -2.20. The van der Waals surface area contributed by atoms with Gasteiger partial charge in [-0.1, -0.05) is 30.3 Å². The largest absolute Gasteiger partial charge is 0.373 e. The van der Waals surface area contributed by atoms with E-state index in [0.29, 0.717) is 0 Å². The van der Waals surface area contributed by atoms with Crippen molar-refractivity contribution < 1.29 is 0 Å². The second-order valence-electron chi connectivity index (χ2n) is 4.09. The molecule has 1 N–H and O–H groups in total. The van der Waals surface area contributed by atoms with Gasteiger partial charge in [0.2, 0.25) is 0 Å². The molecule has 0 aliphatic carbocycles. The van der Waals surface area contributed by atoms with Crippen molar-refractivity contribution in [1.29, 1.82) is 0 Å². The molecule has 0 aliphatic heterocycles. The molecular weight excluding hydrogens is 254 g/mol. The van der Waals surface area contributed by atoms with Gasteiger partial charge in [0.15, 0.2) is 5.82 Å². The van der Waals surface area contributed by atoms with Crippen molar-refractivity contribution in [3.05, 3.63) is 53.2 Å². The Morgan fingerprint density at radius 2 is 1.84 bits per heavy atom. The van der Waals surface area contributed by atoms with Gasteiger partial charge < -0.3 is 5.32 Å². The van der Waals surface area contributed by atoms with Crippen LogP contribution in [0, 0.1) is 0 Å². The molecule has 3 rings (SSSR count). The normalized spacial score (nSPS) is 10.4. The summed E-state index contributed by atoms with van der Waals surface area (Å²) in [6.45, 7) is 0. The Balaban J connectivity index is 2.13. The van der Waals surface area contributed by atoms with Gasteiger partial charge in [0.25, 0.3) is 0 Å². The summed E-state index contributed by atoms with van der Waals surface area (Å²) in [5.41, 5.74) is 3.09. The fourth-order valence-electron chi connectivity index (χ4n) is 1.85. The third kappa shape index (κ3) is 2.48. The van der Waals surface area contributed by atoms with Gasteiger partial charge in [0.1, 0.15) is 5.82 Å². The van der Waals surface area contributed by atoms with Crippen LogP contribution in [0.5, 0.6) is 0 Å². The van der Waals surface area contributed by atoms with Crippen molar-refractivity contribution in [3.63, 3.8) is 0 Å². The average Bonchev–Trinajstić information content (AvgIpc) is 3.02. The highest BCUT2D eigenvalue weighted by Crippen LogP contribution is 2.25. The summed E-state index contributed by atoms with van der Waals surface area (Å²) >= 11 is 1.67. The first-order valence-electron chi connectivity index (χ1n) is 6.01. The Labute approximate surface area is 116 Å². The molecule has 0 saturated carbocycles.